The van der Waals surface area contributed by atoms with Crippen LogP contribution in [0.25, 0.3) is 0 Å². The second-order valence-electron chi connectivity index (χ2n) is 5.69. The van der Waals surface area contributed by atoms with Gasteiger partial charge in [-0.25, -0.2) is 4.98 Å². The molecule has 0 aromatic carbocycles. The van der Waals surface area contributed by atoms with Crippen LogP contribution in [0, 0.1) is 5.92 Å². The second-order valence-corrected chi connectivity index (χ2v) is 5.69. The largest absolute Gasteiger partial charge is 0.471 e. The van der Waals surface area contributed by atoms with Crippen molar-refractivity contribution in [3.63, 3.8) is 0 Å². The molecular weight excluding hydrogens is 254 g/mol. The third-order valence-electron chi connectivity index (χ3n) is 4.24. The van der Waals surface area contributed by atoms with Crippen molar-refractivity contribution in [2.45, 2.75) is 44.6 Å². The Labute approximate surface area is 119 Å². The van der Waals surface area contributed by atoms with Crippen LogP contribution in [0.5, 0.6) is 5.88 Å². The first-order chi connectivity index (χ1) is 9.83. The van der Waals surface area contributed by atoms with Gasteiger partial charge in [0.2, 0.25) is 11.8 Å². The third kappa shape index (κ3) is 3.08. The Kier molecular flexibility index (Phi) is 4.14. The number of rotatable bonds is 3. The van der Waals surface area contributed by atoms with Crippen LogP contribution >= 0.6 is 0 Å². The predicted molar refractivity (Wildman–Crippen MR) is 74.2 cm³/mol. The highest BCUT2D eigenvalue weighted by Gasteiger charge is 2.32. The number of nitrogens with zero attached hydrogens (tertiary/aromatic N) is 3. The molecule has 1 aromatic rings. The molecule has 1 saturated carbocycles. The van der Waals surface area contributed by atoms with Crippen molar-refractivity contribution in [1.82, 2.24) is 14.9 Å². The van der Waals surface area contributed by atoms with Crippen LogP contribution in [0.2, 0.25) is 0 Å². The second kappa shape index (κ2) is 6.20. The Morgan fingerprint density at radius 1 is 1.20 bits per heavy atom. The van der Waals surface area contributed by atoms with Gasteiger partial charge in [-0.3, -0.25) is 9.78 Å². The number of hydrogen-bond donors (Lipinski definition) is 0. The highest BCUT2D eigenvalue weighted by Crippen LogP contribution is 2.27. The number of amides is 1. The average Bonchev–Trinajstić information content (AvgIpc) is 2.97. The molecule has 0 spiro atoms. The number of likely N-dealkylation sites (tertiary alicyclic amines) is 1. The van der Waals surface area contributed by atoms with Crippen molar-refractivity contribution >= 4 is 5.91 Å². The van der Waals surface area contributed by atoms with Crippen molar-refractivity contribution < 1.29 is 9.53 Å². The molecule has 2 heterocycles. The van der Waals surface area contributed by atoms with E-state index in [0.29, 0.717) is 18.3 Å². The Morgan fingerprint density at radius 3 is 2.80 bits per heavy atom. The minimum absolute atomic E-state index is 0.0549. The fourth-order valence-corrected chi connectivity index (χ4v) is 3.15. The molecule has 0 N–H and O–H groups in total. The first kappa shape index (κ1) is 13.3. The Bertz CT molecular complexity index is 446. The molecule has 1 unspecified atom stereocenters. The summed E-state index contributed by atoms with van der Waals surface area (Å²) in [6.07, 6.45) is 11.6. The summed E-state index contributed by atoms with van der Waals surface area (Å²) in [6, 6.07) is 0. The molecule has 1 aliphatic carbocycles. The van der Waals surface area contributed by atoms with E-state index >= 15 is 0 Å². The van der Waals surface area contributed by atoms with Crippen molar-refractivity contribution in [2.24, 2.45) is 5.92 Å². The first-order valence-corrected chi connectivity index (χ1v) is 7.54. The van der Waals surface area contributed by atoms with E-state index in [1.165, 1.54) is 19.3 Å². The number of hydrogen-bond acceptors (Lipinski definition) is 4. The molecule has 1 saturated heterocycles. The van der Waals surface area contributed by atoms with Gasteiger partial charge in [-0.05, 0) is 12.8 Å². The first-order valence-electron chi connectivity index (χ1n) is 7.54. The van der Waals surface area contributed by atoms with Gasteiger partial charge in [0.05, 0.1) is 12.7 Å². The molecule has 0 radical (unpaired) electrons. The van der Waals surface area contributed by atoms with Crippen LogP contribution < -0.4 is 4.74 Å². The van der Waals surface area contributed by atoms with Gasteiger partial charge in [0, 0.05) is 31.3 Å². The molecule has 3 rings (SSSR count). The van der Waals surface area contributed by atoms with Gasteiger partial charge < -0.3 is 9.64 Å². The maximum Gasteiger partial charge on any atom is 0.232 e. The van der Waals surface area contributed by atoms with E-state index < -0.39 is 0 Å². The maximum atomic E-state index is 12.4. The van der Waals surface area contributed by atoms with Gasteiger partial charge in [0.25, 0.3) is 0 Å². The van der Waals surface area contributed by atoms with E-state index in [0.717, 1.165) is 25.8 Å². The van der Waals surface area contributed by atoms with E-state index in [-0.39, 0.29) is 12.0 Å². The standard InChI is InChI=1S/C15H21N3O2/c19-15(12-4-2-1-3-5-12)18-9-6-13(11-18)20-14-10-16-7-8-17-14/h7-8,10,12-13H,1-6,9,11H2. The van der Waals surface area contributed by atoms with Crippen LogP contribution in [0.3, 0.4) is 0 Å². The molecule has 1 aliphatic heterocycles. The lowest BCUT2D eigenvalue weighted by molar-refractivity contribution is -0.135. The summed E-state index contributed by atoms with van der Waals surface area (Å²) in [5.41, 5.74) is 0. The van der Waals surface area contributed by atoms with Gasteiger partial charge in [0.1, 0.15) is 6.10 Å². The normalized spacial score (nSPS) is 23.8. The third-order valence-corrected chi connectivity index (χ3v) is 4.24. The zero-order chi connectivity index (χ0) is 13.8. The summed E-state index contributed by atoms with van der Waals surface area (Å²) in [6.45, 7) is 1.49. The molecule has 5 nitrogen and oxygen atoms in total. The molecule has 1 atom stereocenters. The summed E-state index contributed by atoms with van der Waals surface area (Å²) in [5.74, 6) is 1.12. The maximum absolute atomic E-state index is 12.4. The van der Waals surface area contributed by atoms with E-state index in [9.17, 15) is 4.79 Å². The van der Waals surface area contributed by atoms with Crippen molar-refractivity contribution in [1.29, 1.82) is 0 Å². The van der Waals surface area contributed by atoms with Gasteiger partial charge in [-0.2, -0.15) is 0 Å². The average molecular weight is 275 g/mol. The van der Waals surface area contributed by atoms with Crippen LogP contribution in [0.15, 0.2) is 18.6 Å². The molecule has 1 aromatic heterocycles. The van der Waals surface area contributed by atoms with E-state index in [1.807, 2.05) is 4.90 Å². The Balaban J connectivity index is 1.52. The number of ether oxygens (including phenoxy) is 1. The SMILES string of the molecule is O=C(C1CCCCC1)N1CCC(Oc2cnccn2)C1. The molecule has 108 valence electrons. The van der Waals surface area contributed by atoms with Crippen molar-refractivity contribution in [2.75, 3.05) is 13.1 Å². The molecular formula is C15H21N3O2. The Morgan fingerprint density at radius 2 is 2.05 bits per heavy atom. The molecule has 2 aliphatic rings. The number of carbonyl (C=O) groups excluding carboxylic acids is 1. The van der Waals surface area contributed by atoms with Crippen LogP contribution in [-0.2, 0) is 4.79 Å². The van der Waals surface area contributed by atoms with Gasteiger partial charge in [-0.15, -0.1) is 0 Å². The minimum atomic E-state index is 0.0549. The van der Waals surface area contributed by atoms with Gasteiger partial charge in [0.15, 0.2) is 0 Å². The highest BCUT2D eigenvalue weighted by atomic mass is 16.5. The fraction of sp³-hybridized carbons (Fsp3) is 0.667. The van der Waals surface area contributed by atoms with Gasteiger partial charge >= 0.3 is 0 Å². The summed E-state index contributed by atoms with van der Waals surface area (Å²) < 4.78 is 5.78. The van der Waals surface area contributed by atoms with Gasteiger partial charge in [-0.1, -0.05) is 19.3 Å². The number of aromatic nitrogens is 2. The molecule has 5 heteroatoms. The fourth-order valence-electron chi connectivity index (χ4n) is 3.15. The highest BCUT2D eigenvalue weighted by molar-refractivity contribution is 5.79. The lowest BCUT2D eigenvalue weighted by Gasteiger charge is -2.26. The molecule has 0 bridgehead atoms. The van der Waals surface area contributed by atoms with Crippen molar-refractivity contribution in [3.05, 3.63) is 18.6 Å². The summed E-state index contributed by atoms with van der Waals surface area (Å²) in [5, 5.41) is 0. The van der Waals surface area contributed by atoms with Crippen molar-refractivity contribution in [3.8, 4) is 5.88 Å². The predicted octanol–water partition coefficient (Wildman–Crippen LogP) is 2.04. The topological polar surface area (TPSA) is 55.3 Å². The monoisotopic (exact) mass is 275 g/mol. The number of carbonyl (C=O) groups is 1. The van der Waals surface area contributed by atoms with Crippen LogP contribution in [0.1, 0.15) is 38.5 Å². The summed E-state index contributed by atoms with van der Waals surface area (Å²) in [4.78, 5) is 22.5. The molecule has 20 heavy (non-hydrogen) atoms. The Hall–Kier alpha value is -1.65. The molecule has 2 fully saturated rings. The summed E-state index contributed by atoms with van der Waals surface area (Å²) in [7, 11) is 0. The van der Waals surface area contributed by atoms with E-state index in [2.05, 4.69) is 9.97 Å². The minimum Gasteiger partial charge on any atom is -0.471 e. The molecule has 1 amide bonds. The zero-order valence-electron chi connectivity index (χ0n) is 11.7. The quantitative estimate of drug-likeness (QED) is 0.847. The van der Waals surface area contributed by atoms with Crippen LogP contribution in [-0.4, -0.2) is 40.0 Å². The van der Waals surface area contributed by atoms with E-state index in [1.54, 1.807) is 18.6 Å². The summed E-state index contributed by atoms with van der Waals surface area (Å²) >= 11 is 0. The van der Waals surface area contributed by atoms with Crippen LogP contribution in [0.4, 0.5) is 0 Å². The zero-order valence-corrected chi connectivity index (χ0v) is 11.7. The smallest absolute Gasteiger partial charge is 0.232 e. The lowest BCUT2D eigenvalue weighted by atomic mass is 9.88. The lowest BCUT2D eigenvalue weighted by Crippen LogP contribution is -2.36. The van der Waals surface area contributed by atoms with E-state index in [4.69, 9.17) is 4.74 Å².